The largest absolute Gasteiger partial charge is 0.346 e. The van der Waals surface area contributed by atoms with Crippen LogP contribution >= 0.6 is 27.3 Å². The van der Waals surface area contributed by atoms with Crippen molar-refractivity contribution < 1.29 is 13.2 Å². The van der Waals surface area contributed by atoms with E-state index in [2.05, 4.69) is 21.2 Å². The topological polar surface area (TPSA) is 63.2 Å². The number of thiophene rings is 1. The average Bonchev–Trinajstić information content (AvgIpc) is 2.80. The van der Waals surface area contributed by atoms with Gasteiger partial charge in [0.05, 0.1) is 20.8 Å². The van der Waals surface area contributed by atoms with Gasteiger partial charge in [-0.25, -0.2) is 8.42 Å². The molecule has 1 saturated heterocycles. The van der Waals surface area contributed by atoms with Crippen LogP contribution in [0.15, 0.2) is 22.0 Å². The highest BCUT2D eigenvalue weighted by Crippen LogP contribution is 2.24. The summed E-state index contributed by atoms with van der Waals surface area (Å²) in [6.45, 7) is 1.77. The van der Waals surface area contributed by atoms with Crippen LogP contribution in [0.4, 0.5) is 0 Å². The number of hydrogen-bond acceptors (Lipinski definition) is 4. The molecule has 2 rings (SSSR count). The summed E-state index contributed by atoms with van der Waals surface area (Å²) < 4.78 is 23.9. The standard InChI is InChI=1S/C12H14BrNO3S2/c1-12(6-7-19(16,17)8-12)14-11(15)5-3-9-2-4-10(13)18-9/h2-5H,6-8H2,1H3,(H,14,15). The van der Waals surface area contributed by atoms with Gasteiger partial charge in [0.15, 0.2) is 9.84 Å². The van der Waals surface area contributed by atoms with E-state index in [1.807, 2.05) is 12.1 Å². The summed E-state index contributed by atoms with van der Waals surface area (Å²) in [6, 6.07) is 3.81. The molecule has 1 fully saturated rings. The summed E-state index contributed by atoms with van der Waals surface area (Å²) in [4.78, 5) is 12.8. The van der Waals surface area contributed by atoms with Crippen LogP contribution in [0.3, 0.4) is 0 Å². The number of halogens is 1. The van der Waals surface area contributed by atoms with Crippen LogP contribution in [0.5, 0.6) is 0 Å². The highest BCUT2D eigenvalue weighted by molar-refractivity contribution is 9.11. The molecule has 0 aromatic carbocycles. The third kappa shape index (κ3) is 4.15. The van der Waals surface area contributed by atoms with Crippen molar-refractivity contribution in [2.45, 2.75) is 18.9 Å². The summed E-state index contributed by atoms with van der Waals surface area (Å²) in [5, 5.41) is 2.78. The Morgan fingerprint density at radius 1 is 1.53 bits per heavy atom. The molecule has 2 heterocycles. The normalized spacial score (nSPS) is 25.8. The molecule has 0 spiro atoms. The lowest BCUT2D eigenvalue weighted by molar-refractivity contribution is -0.117. The highest BCUT2D eigenvalue weighted by Gasteiger charge is 2.38. The summed E-state index contributed by atoms with van der Waals surface area (Å²) >= 11 is 4.87. The van der Waals surface area contributed by atoms with E-state index in [0.29, 0.717) is 6.42 Å². The van der Waals surface area contributed by atoms with Gasteiger partial charge >= 0.3 is 0 Å². The van der Waals surface area contributed by atoms with Crippen LogP contribution in [-0.4, -0.2) is 31.4 Å². The molecule has 0 bridgehead atoms. The number of hydrogen-bond donors (Lipinski definition) is 1. The van der Waals surface area contributed by atoms with Gasteiger partial charge in [0.2, 0.25) is 5.91 Å². The van der Waals surface area contributed by atoms with Crippen molar-refractivity contribution in [3.05, 3.63) is 26.9 Å². The van der Waals surface area contributed by atoms with Gasteiger partial charge in [-0.2, -0.15) is 0 Å². The van der Waals surface area contributed by atoms with Gasteiger partial charge in [0.25, 0.3) is 0 Å². The summed E-state index contributed by atoms with van der Waals surface area (Å²) in [5.74, 6) is -0.0979. The van der Waals surface area contributed by atoms with Crippen LogP contribution in [0.25, 0.3) is 6.08 Å². The predicted octanol–water partition coefficient (Wildman–Crippen LogP) is 2.22. The molecule has 1 unspecified atom stereocenters. The maximum absolute atomic E-state index is 11.8. The molecule has 1 aliphatic heterocycles. The fraction of sp³-hybridized carbons (Fsp3) is 0.417. The van der Waals surface area contributed by atoms with E-state index < -0.39 is 15.4 Å². The number of rotatable bonds is 3. The molecular weight excluding hydrogens is 350 g/mol. The smallest absolute Gasteiger partial charge is 0.244 e. The molecule has 1 aliphatic rings. The van der Waals surface area contributed by atoms with Crippen molar-refractivity contribution in [2.24, 2.45) is 0 Å². The fourth-order valence-corrected chi connectivity index (χ4v) is 5.44. The number of amides is 1. The minimum Gasteiger partial charge on any atom is -0.346 e. The number of sulfone groups is 1. The molecule has 1 amide bonds. The van der Waals surface area contributed by atoms with Crippen LogP contribution in [0.1, 0.15) is 18.2 Å². The zero-order valence-corrected chi connectivity index (χ0v) is 13.6. The van der Waals surface area contributed by atoms with E-state index in [-0.39, 0.29) is 17.4 Å². The zero-order valence-electron chi connectivity index (χ0n) is 10.3. The van der Waals surface area contributed by atoms with E-state index in [0.717, 1.165) is 8.66 Å². The minimum absolute atomic E-state index is 0.0180. The molecule has 1 aromatic heterocycles. The Bertz CT molecular complexity index is 621. The summed E-state index contributed by atoms with van der Waals surface area (Å²) in [5.41, 5.74) is -0.643. The van der Waals surface area contributed by atoms with Crippen molar-refractivity contribution in [2.75, 3.05) is 11.5 Å². The first-order valence-electron chi connectivity index (χ1n) is 5.74. The zero-order chi connectivity index (χ0) is 14.1. The first kappa shape index (κ1) is 14.7. The van der Waals surface area contributed by atoms with Gasteiger partial charge in [-0.1, -0.05) is 0 Å². The molecule has 4 nitrogen and oxygen atoms in total. The summed E-state index contributed by atoms with van der Waals surface area (Å²) in [6.07, 6.45) is 3.63. The van der Waals surface area contributed by atoms with Crippen molar-refractivity contribution in [1.29, 1.82) is 0 Å². The van der Waals surface area contributed by atoms with E-state index in [4.69, 9.17) is 0 Å². The van der Waals surface area contributed by atoms with Gasteiger partial charge in [0, 0.05) is 11.0 Å². The molecule has 0 saturated carbocycles. The molecule has 0 radical (unpaired) electrons. The lowest BCUT2D eigenvalue weighted by atomic mass is 10.0. The van der Waals surface area contributed by atoms with E-state index >= 15 is 0 Å². The van der Waals surface area contributed by atoms with Gasteiger partial charge in [-0.05, 0) is 47.5 Å². The first-order chi connectivity index (χ1) is 8.78. The maximum atomic E-state index is 11.8. The predicted molar refractivity (Wildman–Crippen MR) is 80.9 cm³/mol. The Morgan fingerprint density at radius 2 is 2.26 bits per heavy atom. The second kappa shape index (κ2) is 5.38. The lowest BCUT2D eigenvalue weighted by Crippen LogP contribution is -2.46. The van der Waals surface area contributed by atoms with E-state index in [9.17, 15) is 13.2 Å². The van der Waals surface area contributed by atoms with E-state index in [1.54, 1.807) is 13.0 Å². The molecule has 7 heteroatoms. The van der Waals surface area contributed by atoms with Crippen LogP contribution in [0.2, 0.25) is 0 Å². The van der Waals surface area contributed by atoms with E-state index in [1.165, 1.54) is 17.4 Å². The van der Waals surface area contributed by atoms with Crippen molar-refractivity contribution in [3.8, 4) is 0 Å². The number of carbonyl (C=O) groups is 1. The van der Waals surface area contributed by atoms with Crippen LogP contribution in [-0.2, 0) is 14.6 Å². The van der Waals surface area contributed by atoms with Crippen molar-refractivity contribution in [3.63, 3.8) is 0 Å². The summed E-state index contributed by atoms with van der Waals surface area (Å²) in [7, 11) is -3.01. The minimum atomic E-state index is -3.01. The maximum Gasteiger partial charge on any atom is 0.244 e. The van der Waals surface area contributed by atoms with Gasteiger partial charge in [0.1, 0.15) is 0 Å². The Kier molecular flexibility index (Phi) is 4.17. The van der Waals surface area contributed by atoms with Gasteiger partial charge in [-0.15, -0.1) is 11.3 Å². The highest BCUT2D eigenvalue weighted by atomic mass is 79.9. The molecule has 1 atom stereocenters. The number of carbonyl (C=O) groups excluding carboxylic acids is 1. The molecule has 19 heavy (non-hydrogen) atoms. The van der Waals surface area contributed by atoms with Crippen LogP contribution < -0.4 is 5.32 Å². The van der Waals surface area contributed by atoms with Crippen LogP contribution in [0, 0.1) is 0 Å². The molecule has 1 aromatic rings. The third-order valence-corrected chi connectivity index (χ3v) is 6.41. The average molecular weight is 364 g/mol. The molecular formula is C12H14BrNO3S2. The molecule has 104 valence electrons. The Balaban J connectivity index is 1.97. The quantitative estimate of drug-likeness (QED) is 0.837. The monoisotopic (exact) mass is 363 g/mol. The van der Waals surface area contributed by atoms with Gasteiger partial charge < -0.3 is 5.32 Å². The lowest BCUT2D eigenvalue weighted by Gasteiger charge is -2.22. The SMILES string of the molecule is CC1(NC(=O)C=Cc2ccc(Br)s2)CCS(=O)(=O)C1. The van der Waals surface area contributed by atoms with Crippen molar-refractivity contribution >= 4 is 49.1 Å². The third-order valence-electron chi connectivity index (χ3n) is 2.92. The molecule has 1 N–H and O–H groups in total. The van der Waals surface area contributed by atoms with Gasteiger partial charge in [-0.3, -0.25) is 4.79 Å². The number of nitrogens with one attached hydrogen (secondary N) is 1. The first-order valence-corrected chi connectivity index (χ1v) is 9.17. The Hall–Kier alpha value is -0.660. The van der Waals surface area contributed by atoms with Crippen molar-refractivity contribution in [1.82, 2.24) is 5.32 Å². The fourth-order valence-electron chi connectivity index (χ4n) is 2.02. The Labute approximate surface area is 125 Å². The second-order valence-corrected chi connectivity index (χ2v) is 9.55. The Morgan fingerprint density at radius 3 is 2.79 bits per heavy atom. The molecule has 0 aliphatic carbocycles. The second-order valence-electron chi connectivity index (χ2n) is 4.87.